The first-order valence-corrected chi connectivity index (χ1v) is 10.8. The van der Waals surface area contributed by atoms with E-state index in [1.54, 1.807) is 12.1 Å². The Morgan fingerprint density at radius 1 is 1.13 bits per heavy atom. The zero-order valence-corrected chi connectivity index (χ0v) is 18.3. The summed E-state index contributed by atoms with van der Waals surface area (Å²) in [7, 11) is 0. The molecular weight excluding hydrogens is 400 g/mol. The zero-order valence-electron chi connectivity index (χ0n) is 17.6. The molecule has 2 amide bonds. The Labute approximate surface area is 183 Å². The van der Waals surface area contributed by atoms with Crippen molar-refractivity contribution >= 4 is 23.4 Å². The maximum Gasteiger partial charge on any atom is 0.251 e. The molecule has 0 saturated carbocycles. The molecule has 1 aliphatic rings. The Morgan fingerprint density at radius 3 is 2.50 bits per heavy atom. The van der Waals surface area contributed by atoms with Gasteiger partial charge in [-0.3, -0.25) is 9.59 Å². The molecule has 1 aliphatic heterocycles. The van der Waals surface area contributed by atoms with Crippen LogP contribution < -0.4 is 10.1 Å². The molecule has 0 aromatic heterocycles. The summed E-state index contributed by atoms with van der Waals surface area (Å²) in [6.45, 7) is 5.93. The Morgan fingerprint density at radius 2 is 1.83 bits per heavy atom. The maximum atomic E-state index is 12.7. The number of rotatable bonds is 7. The molecule has 1 heterocycles. The number of likely N-dealkylation sites (tertiary alicyclic amines) is 1. The number of piperidine rings is 1. The molecule has 1 atom stereocenters. The summed E-state index contributed by atoms with van der Waals surface area (Å²) < 4.78 is 5.94. The first kappa shape index (κ1) is 22.2. The van der Waals surface area contributed by atoms with Gasteiger partial charge in [-0.15, -0.1) is 0 Å². The highest BCUT2D eigenvalue weighted by atomic mass is 35.5. The SMILES string of the molecule is CC(C)NC(=O)c1ccc(OC[C@H]2CCCN(C(=O)Cc3ccc(Cl)cc3)C2)cc1. The zero-order chi connectivity index (χ0) is 21.5. The summed E-state index contributed by atoms with van der Waals surface area (Å²) >= 11 is 5.92. The van der Waals surface area contributed by atoms with Crippen LogP contribution in [-0.2, 0) is 11.2 Å². The van der Waals surface area contributed by atoms with Crippen molar-refractivity contribution in [2.75, 3.05) is 19.7 Å². The number of ether oxygens (including phenoxy) is 1. The largest absolute Gasteiger partial charge is 0.493 e. The van der Waals surface area contributed by atoms with Gasteiger partial charge in [-0.05, 0) is 68.7 Å². The fourth-order valence-corrected chi connectivity index (χ4v) is 3.70. The van der Waals surface area contributed by atoms with Gasteiger partial charge in [0.05, 0.1) is 13.0 Å². The van der Waals surface area contributed by atoms with Crippen LogP contribution >= 0.6 is 11.6 Å². The lowest BCUT2D eigenvalue weighted by Crippen LogP contribution is -2.42. The number of hydrogen-bond donors (Lipinski definition) is 1. The van der Waals surface area contributed by atoms with E-state index in [-0.39, 0.29) is 17.9 Å². The molecule has 2 aromatic carbocycles. The van der Waals surface area contributed by atoms with Gasteiger partial charge in [-0.1, -0.05) is 23.7 Å². The average molecular weight is 429 g/mol. The number of nitrogens with zero attached hydrogens (tertiary/aromatic N) is 1. The number of carbonyl (C=O) groups excluding carboxylic acids is 2. The minimum Gasteiger partial charge on any atom is -0.493 e. The van der Waals surface area contributed by atoms with Gasteiger partial charge in [0, 0.05) is 35.6 Å². The second-order valence-corrected chi connectivity index (χ2v) is 8.55. The van der Waals surface area contributed by atoms with E-state index in [0.29, 0.717) is 36.1 Å². The third-order valence-electron chi connectivity index (χ3n) is 5.16. The summed E-state index contributed by atoms with van der Waals surface area (Å²) in [5.41, 5.74) is 1.59. The van der Waals surface area contributed by atoms with E-state index in [4.69, 9.17) is 16.3 Å². The summed E-state index contributed by atoms with van der Waals surface area (Å²) in [6.07, 6.45) is 2.42. The molecule has 3 rings (SSSR count). The maximum absolute atomic E-state index is 12.7. The smallest absolute Gasteiger partial charge is 0.251 e. The van der Waals surface area contributed by atoms with E-state index in [0.717, 1.165) is 30.7 Å². The molecule has 0 bridgehead atoms. The minimum atomic E-state index is -0.0846. The molecule has 0 radical (unpaired) electrons. The topological polar surface area (TPSA) is 58.6 Å². The number of nitrogens with one attached hydrogen (secondary N) is 1. The fraction of sp³-hybridized carbons (Fsp3) is 0.417. The Kier molecular flexibility index (Phi) is 7.75. The molecule has 0 aliphatic carbocycles. The van der Waals surface area contributed by atoms with Crippen LogP contribution in [0.4, 0.5) is 0 Å². The van der Waals surface area contributed by atoms with Crippen LogP contribution in [0.5, 0.6) is 5.75 Å². The van der Waals surface area contributed by atoms with Gasteiger partial charge in [-0.2, -0.15) is 0 Å². The number of hydrogen-bond acceptors (Lipinski definition) is 3. The molecule has 160 valence electrons. The van der Waals surface area contributed by atoms with Crippen LogP contribution in [-0.4, -0.2) is 42.5 Å². The fourth-order valence-electron chi connectivity index (χ4n) is 3.58. The van der Waals surface area contributed by atoms with Gasteiger partial charge in [0.2, 0.25) is 5.91 Å². The van der Waals surface area contributed by atoms with Crippen LogP contribution in [0.15, 0.2) is 48.5 Å². The summed E-state index contributed by atoms with van der Waals surface area (Å²) in [6, 6.07) is 14.7. The third kappa shape index (κ3) is 6.49. The molecule has 5 nitrogen and oxygen atoms in total. The highest BCUT2D eigenvalue weighted by Crippen LogP contribution is 2.20. The highest BCUT2D eigenvalue weighted by molar-refractivity contribution is 6.30. The molecule has 2 aromatic rings. The van der Waals surface area contributed by atoms with E-state index in [9.17, 15) is 9.59 Å². The van der Waals surface area contributed by atoms with Crippen molar-refractivity contribution in [3.05, 3.63) is 64.7 Å². The summed E-state index contributed by atoms with van der Waals surface area (Å²) in [5.74, 6) is 1.10. The second kappa shape index (κ2) is 10.5. The first-order valence-electron chi connectivity index (χ1n) is 10.5. The summed E-state index contributed by atoms with van der Waals surface area (Å²) in [5, 5.41) is 3.55. The van der Waals surface area contributed by atoms with Crippen molar-refractivity contribution in [3.63, 3.8) is 0 Å². The lowest BCUT2D eigenvalue weighted by Gasteiger charge is -2.32. The van der Waals surface area contributed by atoms with Gasteiger partial charge in [-0.25, -0.2) is 0 Å². The van der Waals surface area contributed by atoms with E-state index < -0.39 is 0 Å². The predicted octanol–water partition coefficient (Wildman–Crippen LogP) is 4.34. The molecule has 1 N–H and O–H groups in total. The van der Waals surface area contributed by atoms with Crippen molar-refractivity contribution in [1.29, 1.82) is 0 Å². The number of amides is 2. The van der Waals surface area contributed by atoms with Gasteiger partial charge >= 0.3 is 0 Å². The number of halogens is 1. The normalized spacial score (nSPS) is 16.4. The van der Waals surface area contributed by atoms with Gasteiger partial charge in [0.1, 0.15) is 5.75 Å². The van der Waals surface area contributed by atoms with Gasteiger partial charge in [0.25, 0.3) is 5.91 Å². The van der Waals surface area contributed by atoms with E-state index in [1.807, 2.05) is 55.1 Å². The first-order chi connectivity index (χ1) is 14.4. The van der Waals surface area contributed by atoms with Gasteiger partial charge < -0.3 is 15.0 Å². The van der Waals surface area contributed by atoms with Crippen molar-refractivity contribution < 1.29 is 14.3 Å². The van der Waals surface area contributed by atoms with Crippen LogP contribution in [0.25, 0.3) is 0 Å². The molecule has 30 heavy (non-hydrogen) atoms. The molecule has 6 heteroatoms. The monoisotopic (exact) mass is 428 g/mol. The van der Waals surface area contributed by atoms with Crippen molar-refractivity contribution in [1.82, 2.24) is 10.2 Å². The minimum absolute atomic E-state index is 0.0846. The van der Waals surface area contributed by atoms with Crippen LogP contribution in [0.3, 0.4) is 0 Å². The van der Waals surface area contributed by atoms with Gasteiger partial charge in [0.15, 0.2) is 0 Å². The second-order valence-electron chi connectivity index (χ2n) is 8.11. The predicted molar refractivity (Wildman–Crippen MR) is 119 cm³/mol. The van der Waals surface area contributed by atoms with Crippen molar-refractivity contribution in [2.45, 2.75) is 39.2 Å². The number of carbonyl (C=O) groups is 2. The number of benzene rings is 2. The Hall–Kier alpha value is -2.53. The Balaban J connectivity index is 1.48. The lowest BCUT2D eigenvalue weighted by molar-refractivity contribution is -0.132. The molecule has 1 fully saturated rings. The highest BCUT2D eigenvalue weighted by Gasteiger charge is 2.24. The van der Waals surface area contributed by atoms with Crippen LogP contribution in [0.2, 0.25) is 5.02 Å². The van der Waals surface area contributed by atoms with E-state index >= 15 is 0 Å². The standard InChI is InChI=1S/C24H29ClN2O3/c1-17(2)26-24(29)20-7-11-22(12-8-20)30-16-19-4-3-13-27(15-19)23(28)14-18-5-9-21(25)10-6-18/h5-12,17,19H,3-4,13-16H2,1-2H3,(H,26,29)/t19-/m0/s1. The molecular formula is C24H29ClN2O3. The molecule has 1 saturated heterocycles. The van der Waals surface area contributed by atoms with Crippen molar-refractivity contribution in [2.24, 2.45) is 5.92 Å². The van der Waals surface area contributed by atoms with Crippen LogP contribution in [0.1, 0.15) is 42.6 Å². The summed E-state index contributed by atoms with van der Waals surface area (Å²) in [4.78, 5) is 26.6. The molecule has 0 unspecified atom stereocenters. The lowest BCUT2D eigenvalue weighted by atomic mass is 9.98. The van der Waals surface area contributed by atoms with Crippen molar-refractivity contribution in [3.8, 4) is 5.75 Å². The third-order valence-corrected chi connectivity index (χ3v) is 5.41. The average Bonchev–Trinajstić information content (AvgIpc) is 2.74. The molecule has 0 spiro atoms. The van der Waals surface area contributed by atoms with E-state index in [1.165, 1.54) is 0 Å². The van der Waals surface area contributed by atoms with E-state index in [2.05, 4.69) is 5.32 Å². The quantitative estimate of drug-likeness (QED) is 0.713. The Bertz CT molecular complexity index is 850. The van der Waals surface area contributed by atoms with Crippen LogP contribution in [0, 0.1) is 5.92 Å².